The number of nitrogens with zero attached hydrogens (tertiary/aromatic N) is 2. The number of nitrogens with one attached hydrogen (secondary N) is 1. The minimum atomic E-state index is -0.262. The average Bonchev–Trinajstić information content (AvgIpc) is 2.91. The van der Waals surface area contributed by atoms with Crippen LogP contribution in [0.4, 0.5) is 0 Å². The predicted molar refractivity (Wildman–Crippen MR) is 70.8 cm³/mol. The first-order valence-corrected chi connectivity index (χ1v) is 5.78. The van der Waals surface area contributed by atoms with E-state index in [1.807, 2.05) is 18.3 Å². The summed E-state index contributed by atoms with van der Waals surface area (Å²) >= 11 is 3.73. The number of ether oxygens (including phenoxy) is 1. The Hall–Kier alpha value is -1.95. The van der Waals surface area contributed by atoms with Gasteiger partial charge in [0.1, 0.15) is 5.75 Å². The van der Waals surface area contributed by atoms with E-state index in [2.05, 4.69) is 22.6 Å². The van der Waals surface area contributed by atoms with E-state index in [4.69, 9.17) is 4.74 Å². The van der Waals surface area contributed by atoms with Crippen molar-refractivity contribution in [3.05, 3.63) is 47.8 Å². The van der Waals surface area contributed by atoms with Crippen LogP contribution in [0.3, 0.4) is 0 Å². The number of hydrogen-bond donors (Lipinski definition) is 2. The highest BCUT2D eigenvalue weighted by molar-refractivity contribution is 7.78. The molecule has 0 unspecified atom stereocenters. The number of rotatable bonds is 4. The molecule has 1 heterocycles. The van der Waals surface area contributed by atoms with Crippen LogP contribution < -0.4 is 9.46 Å². The molecular formula is C12H13N3O2S. The van der Waals surface area contributed by atoms with Crippen LogP contribution in [0.15, 0.2) is 36.7 Å². The first-order chi connectivity index (χ1) is 8.74. The summed E-state index contributed by atoms with van der Waals surface area (Å²) in [5, 5.41) is 4.13. The molecule has 94 valence electrons. The van der Waals surface area contributed by atoms with Gasteiger partial charge in [-0.1, -0.05) is 18.9 Å². The molecule has 0 aliphatic carbocycles. The minimum Gasteiger partial charge on any atom is -0.496 e. The summed E-state index contributed by atoms with van der Waals surface area (Å²) in [5.74, 6) is 0.391. The molecule has 0 saturated heterocycles. The maximum Gasteiger partial charge on any atom is 0.261 e. The van der Waals surface area contributed by atoms with Crippen molar-refractivity contribution in [3.8, 4) is 5.75 Å². The van der Waals surface area contributed by atoms with Gasteiger partial charge in [-0.05, 0) is 18.2 Å². The van der Waals surface area contributed by atoms with Gasteiger partial charge in [-0.3, -0.25) is 14.2 Å². The molecule has 1 aromatic carbocycles. The van der Waals surface area contributed by atoms with Crippen LogP contribution in [-0.2, 0) is 6.54 Å². The van der Waals surface area contributed by atoms with E-state index in [1.165, 1.54) is 0 Å². The molecule has 5 nitrogen and oxygen atoms in total. The lowest BCUT2D eigenvalue weighted by molar-refractivity contribution is 0.0984. The van der Waals surface area contributed by atoms with Crippen LogP contribution in [-0.4, -0.2) is 22.8 Å². The van der Waals surface area contributed by atoms with Crippen molar-refractivity contribution in [1.82, 2.24) is 14.5 Å². The van der Waals surface area contributed by atoms with Gasteiger partial charge in [0.05, 0.1) is 13.7 Å². The monoisotopic (exact) mass is 263 g/mol. The van der Waals surface area contributed by atoms with Crippen molar-refractivity contribution >= 4 is 18.7 Å². The second-order valence-electron chi connectivity index (χ2n) is 3.67. The summed E-state index contributed by atoms with van der Waals surface area (Å²) < 4.78 is 9.35. The van der Waals surface area contributed by atoms with Crippen molar-refractivity contribution in [2.45, 2.75) is 6.54 Å². The van der Waals surface area contributed by atoms with Crippen LogP contribution in [0.5, 0.6) is 5.75 Å². The lowest BCUT2D eigenvalue weighted by Gasteiger charge is -2.10. The van der Waals surface area contributed by atoms with Crippen molar-refractivity contribution in [1.29, 1.82) is 0 Å². The summed E-state index contributed by atoms with van der Waals surface area (Å²) in [6, 6.07) is 7.12. The second-order valence-corrected chi connectivity index (χ2v) is 3.89. The normalized spacial score (nSPS) is 10.1. The molecule has 0 bridgehead atoms. The largest absolute Gasteiger partial charge is 0.496 e. The molecule has 0 aliphatic rings. The van der Waals surface area contributed by atoms with E-state index in [9.17, 15) is 4.79 Å². The van der Waals surface area contributed by atoms with E-state index >= 15 is 0 Å². The number of benzene rings is 1. The number of hydrogen-bond acceptors (Lipinski definition) is 4. The highest BCUT2D eigenvalue weighted by Gasteiger charge is 2.09. The Morgan fingerprint density at radius 2 is 2.39 bits per heavy atom. The maximum absolute atomic E-state index is 11.4. The fraction of sp³-hybridized carbons (Fsp3) is 0.167. The highest BCUT2D eigenvalue weighted by atomic mass is 32.1. The zero-order chi connectivity index (χ0) is 13.0. The summed E-state index contributed by atoms with van der Waals surface area (Å²) in [6.07, 6.45) is 3.59. The lowest BCUT2D eigenvalue weighted by Crippen LogP contribution is -2.13. The first-order valence-electron chi connectivity index (χ1n) is 5.33. The van der Waals surface area contributed by atoms with Gasteiger partial charge in [-0.25, -0.2) is 0 Å². The molecule has 0 spiro atoms. The third-order valence-corrected chi connectivity index (χ3v) is 2.75. The van der Waals surface area contributed by atoms with Gasteiger partial charge in [0.15, 0.2) is 0 Å². The zero-order valence-corrected chi connectivity index (χ0v) is 10.7. The second kappa shape index (κ2) is 5.59. The molecule has 1 aromatic heterocycles. The molecular weight excluding hydrogens is 250 g/mol. The molecule has 0 saturated carbocycles. The molecule has 1 N–H and O–H groups in total. The van der Waals surface area contributed by atoms with E-state index in [0.29, 0.717) is 17.9 Å². The van der Waals surface area contributed by atoms with E-state index in [0.717, 1.165) is 5.56 Å². The number of aromatic nitrogens is 2. The highest BCUT2D eigenvalue weighted by Crippen LogP contribution is 2.21. The van der Waals surface area contributed by atoms with Crippen molar-refractivity contribution in [2.75, 3.05) is 7.11 Å². The van der Waals surface area contributed by atoms with Gasteiger partial charge in [-0.15, -0.1) is 0 Å². The number of thiol groups is 1. The van der Waals surface area contributed by atoms with Gasteiger partial charge in [0.25, 0.3) is 5.91 Å². The Morgan fingerprint density at radius 1 is 1.56 bits per heavy atom. The Bertz CT molecular complexity index is 540. The van der Waals surface area contributed by atoms with Gasteiger partial charge in [-0.2, -0.15) is 5.10 Å². The minimum absolute atomic E-state index is 0.262. The number of methoxy groups -OCH3 is 1. The summed E-state index contributed by atoms with van der Waals surface area (Å²) in [7, 11) is 1.57. The third-order valence-electron chi connectivity index (χ3n) is 2.54. The quantitative estimate of drug-likeness (QED) is 0.822. The Balaban J connectivity index is 2.28. The van der Waals surface area contributed by atoms with E-state index in [-0.39, 0.29) is 5.91 Å². The maximum atomic E-state index is 11.4. The topological polar surface area (TPSA) is 56.1 Å². The average molecular weight is 263 g/mol. The fourth-order valence-corrected chi connectivity index (χ4v) is 1.78. The van der Waals surface area contributed by atoms with E-state index < -0.39 is 0 Å². The van der Waals surface area contributed by atoms with Gasteiger partial charge < -0.3 is 4.74 Å². The number of carbonyl (C=O) groups excluding carboxylic acids is 1. The predicted octanol–water partition coefficient (Wildman–Crippen LogP) is 1.51. The van der Waals surface area contributed by atoms with Crippen LogP contribution in [0.25, 0.3) is 0 Å². The summed E-state index contributed by atoms with van der Waals surface area (Å²) in [6.45, 7) is 0.596. The van der Waals surface area contributed by atoms with Gasteiger partial charge >= 0.3 is 0 Å². The Kier molecular flexibility index (Phi) is 3.88. The van der Waals surface area contributed by atoms with Crippen molar-refractivity contribution in [3.63, 3.8) is 0 Å². The number of carbonyl (C=O) groups is 1. The summed E-state index contributed by atoms with van der Waals surface area (Å²) in [4.78, 5) is 11.4. The molecule has 0 aliphatic heterocycles. The molecule has 18 heavy (non-hydrogen) atoms. The Labute approximate surface area is 110 Å². The molecule has 2 rings (SSSR count). The molecule has 0 radical (unpaired) electrons. The molecule has 0 fully saturated rings. The fourth-order valence-electron chi connectivity index (χ4n) is 1.65. The SMILES string of the molecule is COc1cc(C(=O)NS)ccc1Cn1cccn1. The van der Waals surface area contributed by atoms with Gasteiger partial charge in [0.2, 0.25) is 0 Å². The number of amides is 1. The van der Waals surface area contributed by atoms with Crippen molar-refractivity contribution in [2.24, 2.45) is 0 Å². The van der Waals surface area contributed by atoms with Crippen LogP contribution in [0.2, 0.25) is 0 Å². The van der Waals surface area contributed by atoms with Crippen LogP contribution in [0.1, 0.15) is 15.9 Å². The molecule has 1 amide bonds. The van der Waals surface area contributed by atoms with Gasteiger partial charge in [0, 0.05) is 23.5 Å². The van der Waals surface area contributed by atoms with Crippen molar-refractivity contribution < 1.29 is 9.53 Å². The molecule has 0 atom stereocenters. The van der Waals surface area contributed by atoms with E-state index in [1.54, 1.807) is 30.1 Å². The smallest absolute Gasteiger partial charge is 0.261 e. The third kappa shape index (κ3) is 2.65. The standard InChI is InChI=1S/C12H13N3O2S/c1-17-11-7-9(12(16)14-18)3-4-10(11)8-15-6-2-5-13-15/h2-7,18H,8H2,1H3,(H,14,16). The summed E-state index contributed by atoms with van der Waals surface area (Å²) in [5.41, 5.74) is 1.46. The van der Waals surface area contributed by atoms with Crippen LogP contribution in [0, 0.1) is 0 Å². The first kappa shape index (κ1) is 12.5. The molecule has 2 aromatic rings. The Morgan fingerprint density at radius 3 is 3.00 bits per heavy atom. The molecule has 6 heteroatoms. The van der Waals surface area contributed by atoms with Crippen LogP contribution >= 0.6 is 12.8 Å². The lowest BCUT2D eigenvalue weighted by atomic mass is 10.1. The zero-order valence-electron chi connectivity index (χ0n) is 9.83.